The fourth-order valence-electron chi connectivity index (χ4n) is 8.35. The summed E-state index contributed by atoms with van der Waals surface area (Å²) in [4.78, 5) is 38.1. The van der Waals surface area contributed by atoms with Gasteiger partial charge in [0.1, 0.15) is 13.2 Å². The standard InChI is InChI=1S/C61H110O6/c1-4-7-10-13-16-19-22-25-27-29-30-32-33-36-39-42-45-48-51-54-60(63)66-57-58(56-65-59(62)53-50-47-44-41-38-35-24-21-18-15-12-9-6-3)67-61(64)55-52-49-46-43-40-37-34-31-28-26-23-20-17-14-11-8-5-2/h17,20-21,24-28,58H,4-16,18-19,22-23,29-57H2,1-3H3/b20-17-,24-21-,27-25-,28-26-/t58-/m1/s1. The van der Waals surface area contributed by atoms with Gasteiger partial charge in [-0.3, -0.25) is 14.4 Å². The van der Waals surface area contributed by atoms with Gasteiger partial charge in [0.25, 0.3) is 0 Å². The van der Waals surface area contributed by atoms with E-state index in [9.17, 15) is 14.4 Å². The molecule has 6 nitrogen and oxygen atoms in total. The molecule has 0 N–H and O–H groups in total. The van der Waals surface area contributed by atoms with Gasteiger partial charge in [-0.25, -0.2) is 0 Å². The second-order valence-corrected chi connectivity index (χ2v) is 19.5. The Balaban J connectivity index is 4.36. The molecular formula is C61H110O6. The van der Waals surface area contributed by atoms with Crippen molar-refractivity contribution >= 4 is 17.9 Å². The first-order chi connectivity index (χ1) is 33.0. The first-order valence-electron chi connectivity index (χ1n) is 29.1. The van der Waals surface area contributed by atoms with E-state index in [1.54, 1.807) is 0 Å². The fourth-order valence-corrected chi connectivity index (χ4v) is 8.35. The second kappa shape index (κ2) is 56.0. The highest BCUT2D eigenvalue weighted by atomic mass is 16.6. The Morgan fingerprint density at radius 3 is 0.881 bits per heavy atom. The summed E-state index contributed by atoms with van der Waals surface area (Å²) in [5, 5.41) is 0. The average Bonchev–Trinajstić information content (AvgIpc) is 3.33. The van der Waals surface area contributed by atoms with Gasteiger partial charge in [-0.05, 0) is 103 Å². The second-order valence-electron chi connectivity index (χ2n) is 19.5. The molecule has 0 bridgehead atoms. The molecule has 0 saturated carbocycles. The number of rotatable bonds is 53. The minimum absolute atomic E-state index is 0.0785. The van der Waals surface area contributed by atoms with E-state index in [-0.39, 0.29) is 31.1 Å². The number of hydrogen-bond acceptors (Lipinski definition) is 6. The lowest BCUT2D eigenvalue weighted by Gasteiger charge is -2.18. The Hall–Kier alpha value is -2.63. The van der Waals surface area contributed by atoms with Gasteiger partial charge in [0.2, 0.25) is 0 Å². The number of allylic oxidation sites excluding steroid dienone is 8. The fraction of sp³-hybridized carbons (Fsp3) is 0.820. The quantitative estimate of drug-likeness (QED) is 0.0262. The van der Waals surface area contributed by atoms with Crippen LogP contribution in [0.15, 0.2) is 48.6 Å². The van der Waals surface area contributed by atoms with Crippen molar-refractivity contribution in [1.82, 2.24) is 0 Å². The summed E-state index contributed by atoms with van der Waals surface area (Å²) in [6.45, 7) is 6.61. The zero-order valence-electron chi connectivity index (χ0n) is 44.7. The van der Waals surface area contributed by atoms with E-state index >= 15 is 0 Å². The first kappa shape index (κ1) is 64.4. The van der Waals surface area contributed by atoms with Crippen molar-refractivity contribution < 1.29 is 28.6 Å². The largest absolute Gasteiger partial charge is 0.462 e. The lowest BCUT2D eigenvalue weighted by Crippen LogP contribution is -2.30. The number of carbonyl (C=O) groups is 3. The number of unbranched alkanes of at least 4 members (excludes halogenated alkanes) is 34. The maximum absolute atomic E-state index is 12.9. The molecule has 0 unspecified atom stereocenters. The highest BCUT2D eigenvalue weighted by Gasteiger charge is 2.19. The lowest BCUT2D eigenvalue weighted by molar-refractivity contribution is -0.167. The van der Waals surface area contributed by atoms with Gasteiger partial charge in [0.05, 0.1) is 0 Å². The molecule has 0 saturated heterocycles. The van der Waals surface area contributed by atoms with E-state index in [1.165, 1.54) is 186 Å². The zero-order valence-corrected chi connectivity index (χ0v) is 44.7. The van der Waals surface area contributed by atoms with E-state index in [2.05, 4.69) is 69.4 Å². The van der Waals surface area contributed by atoms with Gasteiger partial charge >= 0.3 is 17.9 Å². The van der Waals surface area contributed by atoms with Crippen LogP contribution in [0.4, 0.5) is 0 Å². The Morgan fingerprint density at radius 2 is 0.537 bits per heavy atom. The van der Waals surface area contributed by atoms with Gasteiger partial charge in [0.15, 0.2) is 6.10 Å². The Bertz CT molecular complexity index is 1170. The summed E-state index contributed by atoms with van der Waals surface area (Å²) >= 11 is 0. The van der Waals surface area contributed by atoms with Crippen LogP contribution in [-0.4, -0.2) is 37.2 Å². The smallest absolute Gasteiger partial charge is 0.306 e. The van der Waals surface area contributed by atoms with E-state index in [0.29, 0.717) is 19.3 Å². The van der Waals surface area contributed by atoms with Crippen LogP contribution >= 0.6 is 0 Å². The molecule has 67 heavy (non-hydrogen) atoms. The van der Waals surface area contributed by atoms with Crippen molar-refractivity contribution in [3.8, 4) is 0 Å². The van der Waals surface area contributed by atoms with Crippen molar-refractivity contribution in [2.45, 2.75) is 309 Å². The molecule has 0 aliphatic rings. The van der Waals surface area contributed by atoms with Gasteiger partial charge in [-0.15, -0.1) is 0 Å². The molecular weight excluding hydrogens is 829 g/mol. The maximum atomic E-state index is 12.9. The third-order valence-electron chi connectivity index (χ3n) is 12.8. The molecule has 0 rings (SSSR count). The van der Waals surface area contributed by atoms with Gasteiger partial charge < -0.3 is 14.2 Å². The third kappa shape index (κ3) is 54.2. The summed E-state index contributed by atoms with van der Waals surface area (Å²) in [7, 11) is 0. The topological polar surface area (TPSA) is 78.9 Å². The molecule has 390 valence electrons. The maximum Gasteiger partial charge on any atom is 0.306 e. The number of esters is 3. The molecule has 0 heterocycles. The van der Waals surface area contributed by atoms with Crippen molar-refractivity contribution in [2.24, 2.45) is 0 Å². The van der Waals surface area contributed by atoms with Crippen LogP contribution in [0, 0.1) is 0 Å². The van der Waals surface area contributed by atoms with E-state index < -0.39 is 6.10 Å². The lowest BCUT2D eigenvalue weighted by atomic mass is 10.1. The highest BCUT2D eigenvalue weighted by Crippen LogP contribution is 2.15. The summed E-state index contributed by atoms with van der Waals surface area (Å²) < 4.78 is 16.9. The van der Waals surface area contributed by atoms with Crippen LogP contribution in [0.2, 0.25) is 0 Å². The summed E-state index contributed by atoms with van der Waals surface area (Å²) in [5.74, 6) is -0.884. The molecule has 6 heteroatoms. The van der Waals surface area contributed by atoms with Crippen molar-refractivity contribution in [3.63, 3.8) is 0 Å². The predicted molar refractivity (Wildman–Crippen MR) is 289 cm³/mol. The number of carbonyl (C=O) groups excluding carboxylic acids is 3. The Kier molecular flexibility index (Phi) is 53.8. The van der Waals surface area contributed by atoms with Crippen LogP contribution in [0.25, 0.3) is 0 Å². The van der Waals surface area contributed by atoms with E-state index in [4.69, 9.17) is 14.2 Å². The Morgan fingerprint density at radius 1 is 0.299 bits per heavy atom. The minimum atomic E-state index is -0.780. The molecule has 0 aromatic heterocycles. The zero-order chi connectivity index (χ0) is 48.6. The molecule has 0 aliphatic heterocycles. The molecule has 0 radical (unpaired) electrons. The summed E-state index contributed by atoms with van der Waals surface area (Å²) in [6, 6.07) is 0. The molecule has 1 atom stereocenters. The van der Waals surface area contributed by atoms with Gasteiger partial charge in [0, 0.05) is 19.3 Å². The van der Waals surface area contributed by atoms with Crippen molar-refractivity contribution in [1.29, 1.82) is 0 Å². The predicted octanol–water partition coefficient (Wildman–Crippen LogP) is 19.4. The van der Waals surface area contributed by atoms with Gasteiger partial charge in [-0.2, -0.15) is 0 Å². The van der Waals surface area contributed by atoms with E-state index in [1.807, 2.05) is 0 Å². The molecule has 0 aromatic carbocycles. The SMILES string of the molecule is CCCCC/C=C\C/C=C\CCCCCCCCCC(=O)O[C@H](COC(=O)CCCCCCC/C=C\CCCCCC)COC(=O)CCCCCCCCCCC/C=C\CCCCCCCC. The van der Waals surface area contributed by atoms with Crippen LogP contribution < -0.4 is 0 Å². The van der Waals surface area contributed by atoms with E-state index in [0.717, 1.165) is 77.0 Å². The monoisotopic (exact) mass is 939 g/mol. The third-order valence-corrected chi connectivity index (χ3v) is 12.8. The molecule has 0 spiro atoms. The highest BCUT2D eigenvalue weighted by molar-refractivity contribution is 5.71. The Labute approximate surface area is 416 Å². The van der Waals surface area contributed by atoms with Crippen molar-refractivity contribution in [2.75, 3.05) is 13.2 Å². The number of ether oxygens (including phenoxy) is 3. The van der Waals surface area contributed by atoms with Crippen molar-refractivity contribution in [3.05, 3.63) is 48.6 Å². The number of hydrogen-bond donors (Lipinski definition) is 0. The van der Waals surface area contributed by atoms with Gasteiger partial charge in [-0.1, -0.05) is 230 Å². The van der Waals surface area contributed by atoms with Crippen LogP contribution in [0.5, 0.6) is 0 Å². The normalized spacial score (nSPS) is 12.3. The van der Waals surface area contributed by atoms with Crippen LogP contribution in [0.1, 0.15) is 303 Å². The molecule has 0 aromatic rings. The molecule has 0 amide bonds. The first-order valence-corrected chi connectivity index (χ1v) is 29.1. The summed E-state index contributed by atoms with van der Waals surface area (Å²) in [5.41, 5.74) is 0. The molecule has 0 fully saturated rings. The molecule has 0 aliphatic carbocycles. The van der Waals surface area contributed by atoms with Crippen LogP contribution in [0.3, 0.4) is 0 Å². The minimum Gasteiger partial charge on any atom is -0.462 e. The average molecular weight is 940 g/mol. The van der Waals surface area contributed by atoms with Crippen LogP contribution in [-0.2, 0) is 28.6 Å². The summed E-state index contributed by atoms with van der Waals surface area (Å²) in [6.07, 6.45) is 68.1.